The van der Waals surface area contributed by atoms with E-state index in [2.05, 4.69) is 52.9 Å². The monoisotopic (exact) mass is 340 g/mol. The van der Waals surface area contributed by atoms with E-state index in [9.17, 15) is 4.79 Å². The van der Waals surface area contributed by atoms with Crippen LogP contribution >= 0.6 is 11.3 Å². The molecule has 2 aliphatic rings. The molecule has 24 heavy (non-hydrogen) atoms. The SMILES string of the molecule is Cc1ccccc1C1c2ccsc2CCN1C(=O)CNCC1CC1. The van der Waals surface area contributed by atoms with Crippen LogP contribution < -0.4 is 5.32 Å². The normalized spacial score (nSPS) is 20.0. The van der Waals surface area contributed by atoms with E-state index in [0.717, 1.165) is 25.4 Å². The third-order valence-electron chi connectivity index (χ3n) is 5.18. The molecule has 1 saturated carbocycles. The third-order valence-corrected chi connectivity index (χ3v) is 6.17. The van der Waals surface area contributed by atoms with Gasteiger partial charge in [-0.3, -0.25) is 4.79 Å². The summed E-state index contributed by atoms with van der Waals surface area (Å²) < 4.78 is 0. The molecule has 126 valence electrons. The van der Waals surface area contributed by atoms with Gasteiger partial charge in [-0.1, -0.05) is 24.3 Å². The molecule has 1 aromatic heterocycles. The van der Waals surface area contributed by atoms with Crippen molar-refractivity contribution >= 4 is 17.2 Å². The number of rotatable bonds is 5. The molecule has 1 atom stereocenters. The lowest BCUT2D eigenvalue weighted by Gasteiger charge is -2.37. The third kappa shape index (κ3) is 3.13. The Morgan fingerprint density at radius 2 is 2.08 bits per heavy atom. The number of nitrogens with one attached hydrogen (secondary N) is 1. The minimum absolute atomic E-state index is 0.0661. The van der Waals surface area contributed by atoms with Crippen LogP contribution in [0.1, 0.15) is 40.5 Å². The first-order chi connectivity index (χ1) is 11.7. The second kappa shape index (κ2) is 6.69. The summed E-state index contributed by atoms with van der Waals surface area (Å²) in [6, 6.07) is 10.7. The highest BCUT2D eigenvalue weighted by Crippen LogP contribution is 2.38. The van der Waals surface area contributed by atoms with Crippen molar-refractivity contribution in [1.29, 1.82) is 0 Å². The fourth-order valence-electron chi connectivity index (χ4n) is 3.62. The number of aryl methyl sites for hydroxylation is 1. The molecule has 1 aliphatic heterocycles. The molecule has 3 nitrogen and oxygen atoms in total. The quantitative estimate of drug-likeness (QED) is 0.903. The predicted octanol–water partition coefficient (Wildman–Crippen LogP) is 3.53. The van der Waals surface area contributed by atoms with Gasteiger partial charge < -0.3 is 10.2 Å². The van der Waals surface area contributed by atoms with Crippen LogP contribution in [-0.2, 0) is 11.2 Å². The highest BCUT2D eigenvalue weighted by molar-refractivity contribution is 7.10. The summed E-state index contributed by atoms with van der Waals surface area (Å²) in [6.07, 6.45) is 3.60. The van der Waals surface area contributed by atoms with Crippen LogP contribution in [0.3, 0.4) is 0 Å². The largest absolute Gasteiger partial charge is 0.330 e. The smallest absolute Gasteiger partial charge is 0.237 e. The van der Waals surface area contributed by atoms with Crippen LogP contribution in [0, 0.1) is 12.8 Å². The van der Waals surface area contributed by atoms with Crippen molar-refractivity contribution in [3.05, 3.63) is 57.3 Å². The number of hydrogen-bond donors (Lipinski definition) is 1. The zero-order valence-electron chi connectivity index (χ0n) is 14.1. The van der Waals surface area contributed by atoms with Crippen LogP contribution in [0.25, 0.3) is 0 Å². The van der Waals surface area contributed by atoms with E-state index >= 15 is 0 Å². The minimum Gasteiger partial charge on any atom is -0.330 e. The van der Waals surface area contributed by atoms with Gasteiger partial charge in [0.2, 0.25) is 5.91 Å². The molecule has 0 spiro atoms. The first kappa shape index (κ1) is 15.9. The Balaban J connectivity index is 1.60. The summed E-state index contributed by atoms with van der Waals surface area (Å²) in [5.74, 6) is 1.02. The van der Waals surface area contributed by atoms with Crippen molar-refractivity contribution < 1.29 is 4.79 Å². The van der Waals surface area contributed by atoms with Crippen molar-refractivity contribution in [1.82, 2.24) is 10.2 Å². The Labute approximate surface area is 147 Å². The summed E-state index contributed by atoms with van der Waals surface area (Å²) in [5, 5.41) is 5.52. The topological polar surface area (TPSA) is 32.3 Å². The van der Waals surface area contributed by atoms with Gasteiger partial charge in [0.05, 0.1) is 12.6 Å². The van der Waals surface area contributed by atoms with E-state index in [0.29, 0.717) is 6.54 Å². The molecule has 1 aromatic carbocycles. The van der Waals surface area contributed by atoms with Crippen LogP contribution in [0.5, 0.6) is 0 Å². The minimum atomic E-state index is 0.0661. The maximum absolute atomic E-state index is 12.9. The molecule has 1 fully saturated rings. The van der Waals surface area contributed by atoms with Crippen LogP contribution in [0.15, 0.2) is 35.7 Å². The fourth-order valence-corrected chi connectivity index (χ4v) is 4.52. The summed E-state index contributed by atoms with van der Waals surface area (Å²) in [4.78, 5) is 16.4. The number of benzene rings is 1. The molecular formula is C20H24N2OS. The summed E-state index contributed by atoms with van der Waals surface area (Å²) in [7, 11) is 0. The zero-order valence-corrected chi connectivity index (χ0v) is 14.9. The maximum atomic E-state index is 12.9. The molecule has 1 unspecified atom stereocenters. The predicted molar refractivity (Wildman–Crippen MR) is 98.4 cm³/mol. The maximum Gasteiger partial charge on any atom is 0.237 e. The Morgan fingerprint density at radius 3 is 2.88 bits per heavy atom. The zero-order chi connectivity index (χ0) is 16.5. The summed E-state index contributed by atoms with van der Waals surface area (Å²) >= 11 is 1.82. The van der Waals surface area contributed by atoms with E-state index in [1.165, 1.54) is 34.4 Å². The molecule has 1 aliphatic carbocycles. The molecule has 4 rings (SSSR count). The molecule has 1 amide bonds. The van der Waals surface area contributed by atoms with E-state index in [4.69, 9.17) is 0 Å². The van der Waals surface area contributed by atoms with Crippen molar-refractivity contribution in [3.63, 3.8) is 0 Å². The summed E-state index contributed by atoms with van der Waals surface area (Å²) in [5.41, 5.74) is 3.83. The first-order valence-electron chi connectivity index (χ1n) is 8.86. The summed E-state index contributed by atoms with van der Waals surface area (Å²) in [6.45, 7) is 4.40. The van der Waals surface area contributed by atoms with Crippen LogP contribution in [0.2, 0.25) is 0 Å². The Hall–Kier alpha value is -1.65. The fraction of sp³-hybridized carbons (Fsp3) is 0.450. The molecular weight excluding hydrogens is 316 g/mol. The second-order valence-electron chi connectivity index (χ2n) is 6.97. The number of thiophene rings is 1. The van der Waals surface area contributed by atoms with Gasteiger partial charge in [0.15, 0.2) is 0 Å². The van der Waals surface area contributed by atoms with E-state index in [-0.39, 0.29) is 11.9 Å². The highest BCUT2D eigenvalue weighted by atomic mass is 32.1. The number of hydrogen-bond acceptors (Lipinski definition) is 3. The first-order valence-corrected chi connectivity index (χ1v) is 9.74. The van der Waals surface area contributed by atoms with Crippen LogP contribution in [-0.4, -0.2) is 30.4 Å². The van der Waals surface area contributed by atoms with Crippen molar-refractivity contribution in [3.8, 4) is 0 Å². The van der Waals surface area contributed by atoms with E-state index in [1.807, 2.05) is 11.3 Å². The van der Waals surface area contributed by atoms with E-state index < -0.39 is 0 Å². The number of carbonyl (C=O) groups is 1. The molecule has 2 aromatic rings. The van der Waals surface area contributed by atoms with Crippen molar-refractivity contribution in [2.24, 2.45) is 5.92 Å². The van der Waals surface area contributed by atoms with Gasteiger partial charge in [-0.2, -0.15) is 0 Å². The number of amides is 1. The lowest BCUT2D eigenvalue weighted by atomic mass is 9.90. The standard InChI is InChI=1S/C20H24N2OS/c1-14-4-2-3-5-16(14)20-17-9-11-24-18(17)8-10-22(20)19(23)13-21-12-15-6-7-15/h2-5,9,11,15,20-21H,6-8,10,12-13H2,1H3. The highest BCUT2D eigenvalue weighted by Gasteiger charge is 2.33. The molecule has 0 saturated heterocycles. The number of fused-ring (bicyclic) bond motifs is 1. The van der Waals surface area contributed by atoms with Gasteiger partial charge in [-0.25, -0.2) is 0 Å². The average molecular weight is 340 g/mol. The molecule has 4 heteroatoms. The average Bonchev–Trinajstić information content (AvgIpc) is 3.28. The van der Waals surface area contributed by atoms with Gasteiger partial charge in [0.25, 0.3) is 0 Å². The lowest BCUT2D eigenvalue weighted by molar-refractivity contribution is -0.132. The van der Waals surface area contributed by atoms with Crippen molar-refractivity contribution in [2.45, 2.75) is 32.2 Å². The Bertz CT molecular complexity index is 735. The molecule has 2 heterocycles. The molecule has 0 radical (unpaired) electrons. The van der Waals surface area contributed by atoms with Gasteiger partial charge in [0, 0.05) is 11.4 Å². The van der Waals surface area contributed by atoms with Gasteiger partial charge in [-0.15, -0.1) is 11.3 Å². The second-order valence-corrected chi connectivity index (χ2v) is 7.97. The Morgan fingerprint density at radius 1 is 1.25 bits per heavy atom. The number of nitrogens with zero attached hydrogens (tertiary/aromatic N) is 1. The Kier molecular flexibility index (Phi) is 4.42. The van der Waals surface area contributed by atoms with Gasteiger partial charge in [0.1, 0.15) is 0 Å². The lowest BCUT2D eigenvalue weighted by Crippen LogP contribution is -2.44. The van der Waals surface area contributed by atoms with Crippen LogP contribution in [0.4, 0.5) is 0 Å². The van der Waals surface area contributed by atoms with E-state index in [1.54, 1.807) is 0 Å². The molecule has 1 N–H and O–H groups in total. The molecule has 0 bridgehead atoms. The van der Waals surface area contributed by atoms with Crippen molar-refractivity contribution in [2.75, 3.05) is 19.6 Å². The van der Waals surface area contributed by atoms with Gasteiger partial charge >= 0.3 is 0 Å². The van der Waals surface area contributed by atoms with Gasteiger partial charge in [-0.05, 0) is 66.8 Å². The number of carbonyl (C=O) groups excluding carboxylic acids is 1.